The SMILES string of the molecule is C[C@@H](C(=O)Cc1nc2ccc(NC(=O)c3cscn3)cc2s1)c1cccc(C(F)(F)F)c1. The van der Waals surface area contributed by atoms with Crippen LogP contribution >= 0.6 is 22.7 Å². The van der Waals surface area contributed by atoms with E-state index in [1.807, 2.05) is 0 Å². The van der Waals surface area contributed by atoms with Crippen molar-refractivity contribution in [2.24, 2.45) is 0 Å². The molecule has 5 nitrogen and oxygen atoms in total. The van der Waals surface area contributed by atoms with Gasteiger partial charge in [-0.1, -0.05) is 25.1 Å². The van der Waals surface area contributed by atoms with Gasteiger partial charge < -0.3 is 5.32 Å². The number of halogens is 3. The Morgan fingerprint density at radius 1 is 1.16 bits per heavy atom. The molecular weight excluding hydrogens is 459 g/mol. The molecule has 0 aliphatic rings. The van der Waals surface area contributed by atoms with Crippen molar-refractivity contribution < 1.29 is 22.8 Å². The first-order valence-corrected chi connectivity index (χ1v) is 11.3. The van der Waals surface area contributed by atoms with E-state index in [-0.39, 0.29) is 18.1 Å². The standard InChI is InChI=1S/C22H16F3N3O2S2/c1-12(13-3-2-4-14(7-13)22(23,24)25)18(29)9-20-28-16-6-5-15(8-19(16)32-20)27-21(30)17-10-31-11-26-17/h2-8,10-12H,9H2,1H3,(H,27,30)/t12-/m1/s1. The number of hydrogen-bond donors (Lipinski definition) is 1. The van der Waals surface area contributed by atoms with Crippen molar-refractivity contribution in [3.8, 4) is 0 Å². The van der Waals surface area contributed by atoms with Crippen molar-refractivity contribution in [3.63, 3.8) is 0 Å². The van der Waals surface area contributed by atoms with Crippen molar-refractivity contribution in [3.05, 3.63) is 75.2 Å². The molecule has 0 saturated heterocycles. The molecule has 0 spiro atoms. The van der Waals surface area contributed by atoms with Crippen LogP contribution in [0, 0.1) is 0 Å². The van der Waals surface area contributed by atoms with Crippen LogP contribution in [-0.4, -0.2) is 21.7 Å². The third kappa shape index (κ3) is 4.86. The first-order valence-electron chi connectivity index (χ1n) is 9.49. The number of hydrogen-bond acceptors (Lipinski definition) is 6. The first-order chi connectivity index (χ1) is 15.2. The second-order valence-electron chi connectivity index (χ2n) is 7.11. The highest BCUT2D eigenvalue weighted by atomic mass is 32.1. The van der Waals surface area contributed by atoms with E-state index in [0.717, 1.165) is 16.8 Å². The van der Waals surface area contributed by atoms with E-state index >= 15 is 0 Å². The van der Waals surface area contributed by atoms with Gasteiger partial charge in [0.05, 0.1) is 27.7 Å². The average molecular weight is 476 g/mol. The normalized spacial score (nSPS) is 12.6. The Kier molecular flexibility index (Phi) is 6.07. The first kappa shape index (κ1) is 22.1. The summed E-state index contributed by atoms with van der Waals surface area (Å²) in [6, 6.07) is 10.0. The number of benzene rings is 2. The molecule has 10 heteroatoms. The summed E-state index contributed by atoms with van der Waals surface area (Å²) in [7, 11) is 0. The summed E-state index contributed by atoms with van der Waals surface area (Å²) in [5.74, 6) is -1.24. The third-order valence-corrected chi connectivity index (χ3v) is 6.48. The van der Waals surface area contributed by atoms with Crippen LogP contribution in [0.4, 0.5) is 18.9 Å². The van der Waals surface area contributed by atoms with Gasteiger partial charge in [0.15, 0.2) is 0 Å². The fraction of sp³-hybridized carbons (Fsp3) is 0.182. The number of alkyl halides is 3. The largest absolute Gasteiger partial charge is 0.416 e. The molecule has 0 saturated carbocycles. The van der Waals surface area contributed by atoms with Gasteiger partial charge in [0.1, 0.15) is 16.5 Å². The van der Waals surface area contributed by atoms with Crippen molar-refractivity contribution in [1.29, 1.82) is 0 Å². The van der Waals surface area contributed by atoms with E-state index in [1.54, 1.807) is 36.0 Å². The van der Waals surface area contributed by atoms with Crippen LogP contribution in [0.25, 0.3) is 10.2 Å². The zero-order valence-electron chi connectivity index (χ0n) is 16.6. The Labute approximate surface area is 189 Å². The number of fused-ring (bicyclic) bond motifs is 1. The Morgan fingerprint density at radius 3 is 2.69 bits per heavy atom. The number of ketones is 1. The molecule has 0 radical (unpaired) electrons. The summed E-state index contributed by atoms with van der Waals surface area (Å²) in [4.78, 5) is 33.3. The number of amides is 1. The van der Waals surface area contributed by atoms with E-state index in [4.69, 9.17) is 0 Å². The van der Waals surface area contributed by atoms with Crippen LogP contribution in [-0.2, 0) is 17.4 Å². The maximum atomic E-state index is 13.0. The van der Waals surface area contributed by atoms with E-state index < -0.39 is 17.7 Å². The highest BCUT2D eigenvalue weighted by Crippen LogP contribution is 2.32. The molecule has 0 bridgehead atoms. The third-order valence-electron chi connectivity index (χ3n) is 4.88. The van der Waals surface area contributed by atoms with Gasteiger partial charge in [0, 0.05) is 17.0 Å². The van der Waals surface area contributed by atoms with Crippen LogP contribution in [0.1, 0.15) is 39.5 Å². The van der Waals surface area contributed by atoms with Crippen LogP contribution in [0.3, 0.4) is 0 Å². The summed E-state index contributed by atoms with van der Waals surface area (Å²) in [5.41, 5.74) is 2.70. The molecular formula is C22H16F3N3O2S2. The summed E-state index contributed by atoms with van der Waals surface area (Å²) in [6.45, 7) is 1.59. The maximum absolute atomic E-state index is 13.0. The minimum absolute atomic E-state index is 0.0112. The molecule has 1 N–H and O–H groups in total. The molecule has 0 fully saturated rings. The highest BCUT2D eigenvalue weighted by molar-refractivity contribution is 7.18. The number of nitrogens with one attached hydrogen (secondary N) is 1. The zero-order valence-corrected chi connectivity index (χ0v) is 18.3. The number of Topliss-reactive ketones (excluding diaryl/α,β-unsaturated/α-hetero) is 1. The molecule has 164 valence electrons. The molecule has 2 heterocycles. The molecule has 32 heavy (non-hydrogen) atoms. The van der Waals surface area contributed by atoms with Gasteiger partial charge in [0.25, 0.3) is 5.91 Å². The van der Waals surface area contributed by atoms with Gasteiger partial charge in [-0.3, -0.25) is 9.59 Å². The van der Waals surface area contributed by atoms with Crippen LogP contribution in [0.5, 0.6) is 0 Å². The topological polar surface area (TPSA) is 72.0 Å². The molecule has 0 aliphatic carbocycles. The summed E-state index contributed by atoms with van der Waals surface area (Å²) < 4.78 is 39.7. The molecule has 2 aromatic carbocycles. The molecule has 1 amide bonds. The van der Waals surface area contributed by atoms with E-state index in [1.165, 1.54) is 34.8 Å². The number of anilines is 1. The lowest BCUT2D eigenvalue weighted by Gasteiger charge is -2.13. The summed E-state index contributed by atoms with van der Waals surface area (Å²) in [6.07, 6.45) is -4.45. The van der Waals surface area contributed by atoms with Crippen molar-refractivity contribution >= 4 is 50.3 Å². The number of rotatable bonds is 6. The van der Waals surface area contributed by atoms with Crippen LogP contribution in [0.2, 0.25) is 0 Å². The zero-order chi connectivity index (χ0) is 22.9. The van der Waals surface area contributed by atoms with Gasteiger partial charge >= 0.3 is 6.18 Å². The van der Waals surface area contributed by atoms with Crippen molar-refractivity contribution in [1.82, 2.24) is 9.97 Å². The highest BCUT2D eigenvalue weighted by Gasteiger charge is 2.31. The second kappa shape index (κ2) is 8.79. The lowest BCUT2D eigenvalue weighted by molar-refractivity contribution is -0.137. The van der Waals surface area contributed by atoms with Gasteiger partial charge in [-0.15, -0.1) is 22.7 Å². The predicted octanol–water partition coefficient (Wildman–Crippen LogP) is 5.94. The Hall–Kier alpha value is -3.11. The van der Waals surface area contributed by atoms with Gasteiger partial charge in [0.2, 0.25) is 0 Å². The summed E-state index contributed by atoms with van der Waals surface area (Å²) in [5, 5.41) is 4.98. The molecule has 0 aliphatic heterocycles. The monoisotopic (exact) mass is 475 g/mol. The van der Waals surface area contributed by atoms with Crippen LogP contribution < -0.4 is 5.32 Å². The fourth-order valence-corrected chi connectivity index (χ4v) is 4.67. The van der Waals surface area contributed by atoms with Gasteiger partial charge in [-0.25, -0.2) is 9.97 Å². The number of nitrogens with zero attached hydrogens (tertiary/aromatic N) is 2. The van der Waals surface area contributed by atoms with Crippen LogP contribution in [0.15, 0.2) is 53.4 Å². The number of carbonyl (C=O) groups is 2. The minimum atomic E-state index is -4.46. The van der Waals surface area contributed by atoms with Gasteiger partial charge in [-0.05, 0) is 29.8 Å². The van der Waals surface area contributed by atoms with E-state index in [0.29, 0.717) is 27.5 Å². The molecule has 4 aromatic rings. The quantitative estimate of drug-likeness (QED) is 0.375. The number of thiazole rings is 2. The average Bonchev–Trinajstić information content (AvgIpc) is 3.42. The number of carbonyl (C=O) groups excluding carboxylic acids is 2. The van der Waals surface area contributed by atoms with E-state index in [2.05, 4.69) is 15.3 Å². The van der Waals surface area contributed by atoms with Crippen molar-refractivity contribution in [2.75, 3.05) is 5.32 Å². The molecule has 2 aromatic heterocycles. The Morgan fingerprint density at radius 2 is 1.97 bits per heavy atom. The molecule has 0 unspecified atom stereocenters. The lowest BCUT2D eigenvalue weighted by Crippen LogP contribution is -2.13. The van der Waals surface area contributed by atoms with Crippen molar-refractivity contribution in [2.45, 2.75) is 25.4 Å². The van der Waals surface area contributed by atoms with Gasteiger partial charge in [-0.2, -0.15) is 13.2 Å². The Balaban J connectivity index is 1.48. The maximum Gasteiger partial charge on any atom is 0.416 e. The minimum Gasteiger partial charge on any atom is -0.321 e. The predicted molar refractivity (Wildman–Crippen MR) is 118 cm³/mol. The molecule has 4 rings (SSSR count). The smallest absolute Gasteiger partial charge is 0.321 e. The molecule has 1 atom stereocenters. The lowest BCUT2D eigenvalue weighted by atomic mass is 9.93. The number of aromatic nitrogens is 2. The Bertz CT molecular complexity index is 1280. The van der Waals surface area contributed by atoms with E-state index in [9.17, 15) is 22.8 Å². The fourth-order valence-electron chi connectivity index (χ4n) is 3.12. The summed E-state index contributed by atoms with van der Waals surface area (Å²) >= 11 is 2.63. The second-order valence-corrected chi connectivity index (χ2v) is 8.94.